The van der Waals surface area contributed by atoms with E-state index in [0.29, 0.717) is 5.56 Å². The second kappa shape index (κ2) is 13.0. The van der Waals surface area contributed by atoms with Gasteiger partial charge in [0.25, 0.3) is 0 Å². The molecular weight excluding hydrogens is 490 g/mol. The quantitative estimate of drug-likeness (QED) is 0.119. The van der Waals surface area contributed by atoms with Crippen molar-refractivity contribution in [3.8, 4) is 0 Å². The van der Waals surface area contributed by atoms with Gasteiger partial charge in [0, 0.05) is 23.5 Å². The number of carbonyl (C=O) groups excluding carboxylic acids is 5. The van der Waals surface area contributed by atoms with Crippen molar-refractivity contribution in [2.24, 2.45) is 17.2 Å². The highest BCUT2D eigenvalue weighted by molar-refractivity contribution is 5.97. The number of rotatable bonds is 14. The van der Waals surface area contributed by atoms with E-state index in [4.69, 9.17) is 17.2 Å². The van der Waals surface area contributed by atoms with E-state index in [9.17, 15) is 39.0 Å². The molecule has 0 aliphatic heterocycles. The largest absolute Gasteiger partial charge is 0.480 e. The van der Waals surface area contributed by atoms with E-state index in [1.165, 1.54) is 0 Å². The van der Waals surface area contributed by atoms with Crippen molar-refractivity contribution in [1.29, 1.82) is 0 Å². The summed E-state index contributed by atoms with van der Waals surface area (Å²) in [6.07, 6.45) is 0.0863. The predicted molar refractivity (Wildman–Crippen MR) is 128 cm³/mol. The number of H-pyrrole nitrogens is 1. The Bertz CT molecular complexity index is 1180. The molecule has 0 aliphatic rings. The monoisotopic (exact) mass is 519 g/mol. The summed E-state index contributed by atoms with van der Waals surface area (Å²) in [7, 11) is 0. The van der Waals surface area contributed by atoms with E-state index < -0.39 is 79.1 Å². The zero-order chi connectivity index (χ0) is 27.7. The van der Waals surface area contributed by atoms with E-state index in [1.807, 2.05) is 5.32 Å². The number of nitrogens with one attached hydrogen (secondary N) is 4. The van der Waals surface area contributed by atoms with Crippen LogP contribution in [0.25, 0.3) is 10.9 Å². The molecule has 0 spiro atoms. The zero-order valence-corrected chi connectivity index (χ0v) is 19.6. The predicted octanol–water partition coefficient (Wildman–Crippen LogP) is -3.68. The summed E-state index contributed by atoms with van der Waals surface area (Å²) in [5.41, 5.74) is 17.1. The van der Waals surface area contributed by atoms with E-state index in [2.05, 4.69) is 15.6 Å². The number of para-hydroxylation sites is 1. The first-order valence-electron chi connectivity index (χ1n) is 11.0. The van der Waals surface area contributed by atoms with Gasteiger partial charge < -0.3 is 48.3 Å². The highest BCUT2D eigenvalue weighted by Gasteiger charge is 2.32. The van der Waals surface area contributed by atoms with Crippen LogP contribution in [0.2, 0.25) is 0 Å². The summed E-state index contributed by atoms with van der Waals surface area (Å²) in [5.74, 6) is -6.48. The summed E-state index contributed by atoms with van der Waals surface area (Å²) in [6, 6.07) is 1.12. The molecule has 5 amide bonds. The van der Waals surface area contributed by atoms with Gasteiger partial charge in [0.05, 0.1) is 19.4 Å². The number of aromatic amines is 1. The molecule has 1 aromatic carbocycles. The second-order valence-corrected chi connectivity index (χ2v) is 8.22. The first-order chi connectivity index (χ1) is 17.4. The molecule has 0 radical (unpaired) electrons. The third kappa shape index (κ3) is 8.29. The van der Waals surface area contributed by atoms with Gasteiger partial charge in [-0.15, -0.1) is 0 Å². The zero-order valence-electron chi connectivity index (χ0n) is 19.6. The van der Waals surface area contributed by atoms with Crippen LogP contribution in [0.15, 0.2) is 30.5 Å². The fraction of sp³-hybridized carbons (Fsp3) is 0.364. The highest BCUT2D eigenvalue weighted by Crippen LogP contribution is 2.19. The van der Waals surface area contributed by atoms with Crippen molar-refractivity contribution in [3.63, 3.8) is 0 Å². The van der Waals surface area contributed by atoms with Gasteiger partial charge in [-0.1, -0.05) is 18.2 Å². The molecule has 4 atom stereocenters. The Balaban J connectivity index is 2.30. The Morgan fingerprint density at radius 2 is 1.38 bits per heavy atom. The Morgan fingerprint density at radius 1 is 0.838 bits per heavy atom. The number of aliphatic carboxylic acids is 1. The van der Waals surface area contributed by atoms with Crippen LogP contribution < -0.4 is 33.2 Å². The van der Waals surface area contributed by atoms with E-state index in [-0.39, 0.29) is 6.42 Å². The van der Waals surface area contributed by atoms with E-state index in [0.717, 1.165) is 10.9 Å². The van der Waals surface area contributed by atoms with Crippen molar-refractivity contribution in [3.05, 3.63) is 36.0 Å². The summed E-state index contributed by atoms with van der Waals surface area (Å²) in [4.78, 5) is 75.3. The van der Waals surface area contributed by atoms with Gasteiger partial charge in [-0.3, -0.25) is 24.0 Å². The van der Waals surface area contributed by atoms with Crippen LogP contribution in [0.3, 0.4) is 0 Å². The van der Waals surface area contributed by atoms with Crippen LogP contribution in [0, 0.1) is 0 Å². The van der Waals surface area contributed by atoms with Gasteiger partial charge in [-0.05, 0) is 11.6 Å². The van der Waals surface area contributed by atoms with Crippen LogP contribution in [-0.2, 0) is 35.2 Å². The first kappa shape index (κ1) is 28.7. The van der Waals surface area contributed by atoms with Gasteiger partial charge in [-0.25, -0.2) is 4.79 Å². The van der Waals surface area contributed by atoms with Crippen LogP contribution in [0.1, 0.15) is 18.4 Å². The van der Waals surface area contributed by atoms with Gasteiger partial charge >= 0.3 is 5.97 Å². The third-order valence-corrected chi connectivity index (χ3v) is 5.32. The van der Waals surface area contributed by atoms with Crippen LogP contribution in [-0.4, -0.2) is 81.5 Å². The molecule has 0 saturated carbocycles. The number of benzene rings is 1. The normalized spacial score (nSPS) is 14.1. The SMILES string of the molecule is NC(=O)CC(NC(=O)C(CC(N)=O)NC(=O)C(Cc1c[nH]c2ccccc12)NC(=O)C(N)CO)C(=O)O. The number of hydrogen-bond acceptors (Lipinski definition) is 8. The van der Waals surface area contributed by atoms with Crippen LogP contribution in [0.5, 0.6) is 0 Å². The molecule has 0 saturated heterocycles. The molecule has 12 N–H and O–H groups in total. The lowest BCUT2D eigenvalue weighted by Gasteiger charge is -2.24. The number of hydrogen-bond donors (Lipinski definition) is 9. The van der Waals surface area contributed by atoms with Gasteiger partial charge in [0.1, 0.15) is 24.2 Å². The average Bonchev–Trinajstić information content (AvgIpc) is 3.24. The van der Waals surface area contributed by atoms with Crippen molar-refractivity contribution >= 4 is 46.4 Å². The maximum Gasteiger partial charge on any atom is 0.326 e. The topological polar surface area (TPSA) is 273 Å². The number of carbonyl (C=O) groups is 6. The fourth-order valence-electron chi connectivity index (χ4n) is 3.45. The maximum absolute atomic E-state index is 13.2. The number of aromatic nitrogens is 1. The molecule has 200 valence electrons. The molecule has 1 heterocycles. The third-order valence-electron chi connectivity index (χ3n) is 5.32. The lowest BCUT2D eigenvalue weighted by atomic mass is 10.0. The molecule has 0 aliphatic carbocycles. The molecule has 2 aromatic rings. The summed E-state index contributed by atoms with van der Waals surface area (Å²) >= 11 is 0. The lowest BCUT2D eigenvalue weighted by Crippen LogP contribution is -2.58. The molecular formula is C22H29N7O8. The van der Waals surface area contributed by atoms with Crippen molar-refractivity contribution in [1.82, 2.24) is 20.9 Å². The Labute approximate surface area is 210 Å². The number of nitrogens with two attached hydrogens (primary N) is 3. The van der Waals surface area contributed by atoms with Crippen molar-refractivity contribution in [2.75, 3.05) is 6.61 Å². The molecule has 0 fully saturated rings. The molecule has 1 aromatic heterocycles. The molecule has 4 unspecified atom stereocenters. The number of amides is 5. The van der Waals surface area contributed by atoms with Gasteiger partial charge in [0.2, 0.25) is 29.5 Å². The first-order valence-corrected chi connectivity index (χ1v) is 11.0. The molecule has 2 rings (SSSR count). The molecule has 37 heavy (non-hydrogen) atoms. The summed E-state index contributed by atoms with van der Waals surface area (Å²) < 4.78 is 0. The molecule has 15 heteroatoms. The van der Waals surface area contributed by atoms with Crippen LogP contribution in [0.4, 0.5) is 0 Å². The standard InChI is InChI=1S/C22H29N7O8/c23-12(9-30)19(33)27-14(5-10-8-26-13-4-2-1-3-11(10)13)20(34)28-15(6-17(24)31)21(35)29-16(22(36)37)7-18(25)32/h1-4,8,12,14-16,26,30H,5-7,9,23H2,(H2,24,31)(H2,25,32)(H,27,33)(H,28,34)(H,29,35)(H,36,37). The van der Waals surface area contributed by atoms with Crippen molar-refractivity contribution < 1.29 is 39.0 Å². The minimum Gasteiger partial charge on any atom is -0.480 e. The Hall–Kier alpha value is -4.50. The number of primary amides is 2. The minimum absolute atomic E-state index is 0.0793. The Kier molecular flexibility index (Phi) is 10.1. The van der Waals surface area contributed by atoms with Gasteiger partial charge in [0.15, 0.2) is 0 Å². The Morgan fingerprint density at radius 3 is 1.97 bits per heavy atom. The number of carboxylic acids is 1. The highest BCUT2D eigenvalue weighted by atomic mass is 16.4. The average molecular weight is 520 g/mol. The van der Waals surface area contributed by atoms with Gasteiger partial charge in [-0.2, -0.15) is 0 Å². The fourth-order valence-corrected chi connectivity index (χ4v) is 3.45. The second-order valence-electron chi connectivity index (χ2n) is 8.22. The number of aliphatic hydroxyl groups is 1. The smallest absolute Gasteiger partial charge is 0.326 e. The maximum atomic E-state index is 13.2. The molecule has 0 bridgehead atoms. The summed E-state index contributed by atoms with van der Waals surface area (Å²) in [6.45, 7) is -0.698. The number of fused-ring (bicyclic) bond motifs is 1. The van der Waals surface area contributed by atoms with Crippen LogP contribution >= 0.6 is 0 Å². The lowest BCUT2D eigenvalue weighted by molar-refractivity contribution is -0.144. The number of aliphatic hydroxyl groups excluding tert-OH is 1. The van der Waals surface area contributed by atoms with Crippen molar-refractivity contribution in [2.45, 2.75) is 43.4 Å². The van der Waals surface area contributed by atoms with E-state index in [1.54, 1.807) is 30.5 Å². The minimum atomic E-state index is -1.72. The number of carboxylic acid groups (broad SMARTS) is 1. The van der Waals surface area contributed by atoms with E-state index >= 15 is 0 Å². The summed E-state index contributed by atoms with van der Waals surface area (Å²) in [5, 5.41) is 25.9. The molecule has 15 nitrogen and oxygen atoms in total.